The van der Waals surface area contributed by atoms with Gasteiger partial charge in [0.1, 0.15) is 6.17 Å². The van der Waals surface area contributed by atoms with Gasteiger partial charge >= 0.3 is 6.18 Å². The van der Waals surface area contributed by atoms with Crippen molar-refractivity contribution in [3.05, 3.63) is 35.0 Å². The first-order valence-corrected chi connectivity index (χ1v) is 18.0. The van der Waals surface area contributed by atoms with Crippen LogP contribution in [-0.2, 0) is 40.5 Å². The minimum Gasteiger partial charge on any atom is -0.390 e. The number of halogens is 4. The van der Waals surface area contributed by atoms with E-state index in [-0.39, 0.29) is 42.9 Å². The van der Waals surface area contributed by atoms with Crippen LogP contribution < -0.4 is 5.73 Å². The predicted molar refractivity (Wildman–Crippen MR) is 163 cm³/mol. The average Bonchev–Trinajstić information content (AvgIpc) is 3.54. The van der Waals surface area contributed by atoms with Gasteiger partial charge < -0.3 is 15.7 Å². The second-order valence-corrected chi connectivity index (χ2v) is 15.3. The normalized spacial score (nSPS) is 21.7. The minimum atomic E-state index is -4.58. The molecule has 250 valence electrons. The molecule has 45 heavy (non-hydrogen) atoms. The number of carbonyl (C=O) groups excluding carboxylic acids is 1. The van der Waals surface area contributed by atoms with Crippen molar-refractivity contribution in [3.8, 4) is 11.3 Å². The highest BCUT2D eigenvalue weighted by Crippen LogP contribution is 2.40. The Labute approximate surface area is 264 Å². The zero-order valence-electron chi connectivity index (χ0n) is 25.2. The predicted octanol–water partition coefficient (Wildman–Crippen LogP) is 2.58. The van der Waals surface area contributed by atoms with Crippen molar-refractivity contribution in [1.29, 1.82) is 0 Å². The first kappa shape index (κ1) is 34.1. The number of hydrogen-bond acceptors (Lipinski definition) is 8. The van der Waals surface area contributed by atoms with Crippen molar-refractivity contribution in [2.45, 2.75) is 62.1 Å². The largest absolute Gasteiger partial charge is 0.417 e. The molecule has 2 fully saturated rings. The molecule has 0 radical (unpaired) electrons. The number of carbonyl (C=O) groups is 1. The number of rotatable bonds is 11. The lowest BCUT2D eigenvalue weighted by molar-refractivity contribution is -0.139. The molecule has 0 aliphatic carbocycles. The van der Waals surface area contributed by atoms with E-state index in [1.54, 1.807) is 4.68 Å². The van der Waals surface area contributed by atoms with E-state index in [9.17, 15) is 35.9 Å². The number of nitrogens with zero attached hydrogens (tertiary/aromatic N) is 5. The van der Waals surface area contributed by atoms with Crippen LogP contribution in [0.15, 0.2) is 23.1 Å². The molecule has 2 saturated heterocycles. The van der Waals surface area contributed by atoms with E-state index in [0.29, 0.717) is 81.0 Å². The number of piperidine rings is 1. The number of nitrogens with two attached hydrogens (primary N) is 1. The van der Waals surface area contributed by atoms with Gasteiger partial charge in [0.15, 0.2) is 0 Å². The topological polar surface area (TPSA) is 125 Å². The Morgan fingerprint density at radius 2 is 1.84 bits per heavy atom. The number of aromatic nitrogens is 2. The summed E-state index contributed by atoms with van der Waals surface area (Å²) in [5.74, 6) is -0.150. The molecule has 5 rings (SSSR count). The Kier molecular flexibility index (Phi) is 10.5. The van der Waals surface area contributed by atoms with E-state index in [1.165, 1.54) is 16.4 Å². The Bertz CT molecular complexity index is 1480. The molecule has 1 aromatic carbocycles. The van der Waals surface area contributed by atoms with E-state index in [0.717, 1.165) is 29.8 Å². The molecule has 3 N–H and O–H groups in total. The van der Waals surface area contributed by atoms with Crippen LogP contribution in [0.5, 0.6) is 0 Å². The zero-order valence-corrected chi connectivity index (χ0v) is 26.8. The van der Waals surface area contributed by atoms with Gasteiger partial charge in [0.25, 0.3) is 0 Å². The molecule has 2 atom stereocenters. The number of aliphatic hydroxyl groups is 1. The summed E-state index contributed by atoms with van der Waals surface area (Å²) < 4.78 is 83.4. The maximum absolute atomic E-state index is 14.0. The van der Waals surface area contributed by atoms with Gasteiger partial charge in [0.05, 0.1) is 30.2 Å². The van der Waals surface area contributed by atoms with Crippen molar-refractivity contribution >= 4 is 27.7 Å². The van der Waals surface area contributed by atoms with Crippen LogP contribution in [0.3, 0.4) is 0 Å². The lowest BCUT2D eigenvalue weighted by Gasteiger charge is -2.32. The first-order valence-electron chi connectivity index (χ1n) is 15.1. The molecule has 10 nitrogen and oxygen atoms in total. The maximum atomic E-state index is 14.0. The Balaban J connectivity index is 1.40. The summed E-state index contributed by atoms with van der Waals surface area (Å²) in [5, 5.41) is 15.8. The van der Waals surface area contributed by atoms with Crippen molar-refractivity contribution in [2.75, 3.05) is 57.8 Å². The average molecular weight is 677 g/mol. The summed E-state index contributed by atoms with van der Waals surface area (Å²) in [6.45, 7) is 3.25. The number of benzene rings is 1. The molecule has 1 aromatic heterocycles. The number of amides is 1. The SMILES string of the molecule is CS(=O)(=O)N1CCc2c(c(-c3ccc(C(F)(F)F)c(SCCN4CC[C@H](F)C4)c3)nn2C[C@@H](O)CN2CCC(C(N)=O)CC2)C1. The van der Waals surface area contributed by atoms with Crippen molar-refractivity contribution in [1.82, 2.24) is 23.9 Å². The molecule has 2 aromatic rings. The lowest BCUT2D eigenvalue weighted by atomic mass is 9.96. The monoisotopic (exact) mass is 676 g/mol. The number of fused-ring (bicyclic) bond motifs is 1. The number of alkyl halides is 4. The van der Waals surface area contributed by atoms with Gasteiger partial charge in [-0.15, -0.1) is 11.8 Å². The number of β-amino-alcohol motifs (C(OH)–C–C–N with tert-alkyl or cyclic N) is 1. The van der Waals surface area contributed by atoms with E-state index in [2.05, 4.69) is 4.90 Å². The molecule has 3 aliphatic heterocycles. The van der Waals surface area contributed by atoms with E-state index < -0.39 is 34.0 Å². The number of thioether (sulfide) groups is 1. The van der Waals surface area contributed by atoms with E-state index >= 15 is 0 Å². The van der Waals surface area contributed by atoms with Crippen LogP contribution in [0.25, 0.3) is 11.3 Å². The second kappa shape index (κ2) is 13.9. The molecule has 0 spiro atoms. The third kappa shape index (κ3) is 8.38. The summed E-state index contributed by atoms with van der Waals surface area (Å²) >= 11 is 1.05. The number of primary amides is 1. The Morgan fingerprint density at radius 3 is 2.47 bits per heavy atom. The summed E-state index contributed by atoms with van der Waals surface area (Å²) in [6.07, 6.45) is -3.21. The number of aliphatic hydroxyl groups excluding tert-OH is 1. The quantitative estimate of drug-likeness (QED) is 0.275. The fourth-order valence-electron chi connectivity index (χ4n) is 6.38. The number of likely N-dealkylation sites (tertiary alicyclic amines) is 2. The van der Waals surface area contributed by atoms with Crippen molar-refractivity contribution < 1.29 is 35.9 Å². The van der Waals surface area contributed by atoms with Gasteiger partial charge in [0.2, 0.25) is 15.9 Å². The van der Waals surface area contributed by atoms with Crippen LogP contribution in [-0.4, -0.2) is 113 Å². The molecular formula is C29H40F4N6O4S2. The number of hydrogen-bond donors (Lipinski definition) is 2. The zero-order chi connectivity index (χ0) is 32.5. The highest BCUT2D eigenvalue weighted by atomic mass is 32.2. The fraction of sp³-hybridized carbons (Fsp3) is 0.655. The van der Waals surface area contributed by atoms with Crippen LogP contribution in [0.2, 0.25) is 0 Å². The Morgan fingerprint density at radius 1 is 1.13 bits per heavy atom. The highest BCUT2D eigenvalue weighted by Gasteiger charge is 2.35. The molecule has 16 heteroatoms. The van der Waals surface area contributed by atoms with E-state index in [1.807, 2.05) is 4.90 Å². The van der Waals surface area contributed by atoms with Crippen LogP contribution in [0, 0.1) is 5.92 Å². The van der Waals surface area contributed by atoms with Gasteiger partial charge in [-0.2, -0.15) is 22.6 Å². The third-order valence-corrected chi connectivity index (χ3v) is 11.1. The summed E-state index contributed by atoms with van der Waals surface area (Å²) in [4.78, 5) is 15.5. The standard InChI is InChI=1S/C29H40F4N6O4S2/c1-45(42,43)38-11-7-25-23(18-38)27(35-39(25)17-22(40)16-36-8-4-19(5-9-36)28(34)41)20-2-3-24(29(31,32)33)26(14-20)44-13-12-37-10-6-21(30)15-37/h2-3,14,19,21-22,40H,4-13,15-18H2,1H3,(H2,34,41)/t21-,22-/m0/s1. The first-order chi connectivity index (χ1) is 21.2. The molecule has 0 unspecified atom stereocenters. The molecule has 0 bridgehead atoms. The van der Waals surface area contributed by atoms with Crippen LogP contribution >= 0.6 is 11.8 Å². The molecule has 0 saturated carbocycles. The third-order valence-electron chi connectivity index (χ3n) is 8.85. The van der Waals surface area contributed by atoms with Crippen molar-refractivity contribution in [3.63, 3.8) is 0 Å². The van der Waals surface area contributed by atoms with Crippen molar-refractivity contribution in [2.24, 2.45) is 11.7 Å². The molecule has 1 amide bonds. The second-order valence-electron chi connectivity index (χ2n) is 12.2. The molecular weight excluding hydrogens is 636 g/mol. The Hall–Kier alpha value is -2.24. The van der Waals surface area contributed by atoms with Gasteiger partial charge in [-0.05, 0) is 44.5 Å². The highest BCUT2D eigenvalue weighted by molar-refractivity contribution is 7.99. The fourth-order valence-corrected chi connectivity index (χ4v) is 8.29. The number of sulfonamides is 1. The summed E-state index contributed by atoms with van der Waals surface area (Å²) in [7, 11) is -3.55. The molecule has 4 heterocycles. The lowest BCUT2D eigenvalue weighted by Crippen LogP contribution is -2.43. The van der Waals surface area contributed by atoms with Gasteiger partial charge in [0, 0.05) is 79.1 Å². The summed E-state index contributed by atoms with van der Waals surface area (Å²) in [6, 6.07) is 3.83. The minimum absolute atomic E-state index is 0.0169. The smallest absolute Gasteiger partial charge is 0.390 e. The van der Waals surface area contributed by atoms with Gasteiger partial charge in [-0.1, -0.05) is 6.07 Å². The van der Waals surface area contributed by atoms with Gasteiger partial charge in [-0.3, -0.25) is 14.4 Å². The van der Waals surface area contributed by atoms with Gasteiger partial charge in [-0.25, -0.2) is 12.8 Å². The van der Waals surface area contributed by atoms with Crippen LogP contribution in [0.1, 0.15) is 36.1 Å². The van der Waals surface area contributed by atoms with Crippen LogP contribution in [0.4, 0.5) is 17.6 Å². The van der Waals surface area contributed by atoms with E-state index in [4.69, 9.17) is 10.8 Å². The summed E-state index contributed by atoms with van der Waals surface area (Å²) in [5.41, 5.74) is 6.79. The maximum Gasteiger partial charge on any atom is 0.417 e. The molecule has 3 aliphatic rings.